The van der Waals surface area contributed by atoms with Crippen molar-refractivity contribution in [1.82, 2.24) is 0 Å². The maximum absolute atomic E-state index is 10.8. The van der Waals surface area contributed by atoms with Crippen LogP contribution in [0.15, 0.2) is 30.6 Å². The Balaban J connectivity index is 3.06. The molecule has 0 fully saturated rings. The van der Waals surface area contributed by atoms with Gasteiger partial charge < -0.3 is 5.11 Å². The van der Waals surface area contributed by atoms with Gasteiger partial charge in [-0.3, -0.25) is 0 Å². The minimum Gasteiger partial charge on any atom is -0.476 e. The fourth-order valence-corrected chi connectivity index (χ4v) is 0.882. The SMILES string of the molecule is CC(C)(C(=O)O)[n+]1ccccc1. The number of aliphatic carboxylic acids is 1. The predicted molar refractivity (Wildman–Crippen MR) is 43.6 cm³/mol. The van der Waals surface area contributed by atoms with Crippen LogP contribution >= 0.6 is 0 Å². The van der Waals surface area contributed by atoms with Crippen LogP contribution in [0.5, 0.6) is 0 Å². The number of carboxylic acids is 1. The summed E-state index contributed by atoms with van der Waals surface area (Å²) >= 11 is 0. The van der Waals surface area contributed by atoms with Crippen molar-refractivity contribution in [2.75, 3.05) is 0 Å². The first-order chi connectivity index (χ1) is 5.55. The summed E-state index contributed by atoms with van der Waals surface area (Å²) in [5.41, 5.74) is -0.874. The van der Waals surface area contributed by atoms with Gasteiger partial charge in [0.25, 0.3) is 5.54 Å². The molecule has 0 bridgehead atoms. The van der Waals surface area contributed by atoms with Crippen LogP contribution < -0.4 is 4.57 Å². The van der Waals surface area contributed by atoms with Crippen LogP contribution in [0.3, 0.4) is 0 Å². The van der Waals surface area contributed by atoms with E-state index in [0.717, 1.165) is 0 Å². The van der Waals surface area contributed by atoms with Crippen molar-refractivity contribution in [2.24, 2.45) is 0 Å². The molecule has 0 unspecified atom stereocenters. The van der Waals surface area contributed by atoms with E-state index in [2.05, 4.69) is 0 Å². The molecule has 0 amide bonds. The molecule has 0 spiro atoms. The topological polar surface area (TPSA) is 41.2 Å². The Morgan fingerprint density at radius 3 is 2.17 bits per heavy atom. The molecule has 0 aliphatic rings. The highest BCUT2D eigenvalue weighted by Crippen LogP contribution is 2.04. The fourth-order valence-electron chi connectivity index (χ4n) is 0.882. The van der Waals surface area contributed by atoms with E-state index >= 15 is 0 Å². The van der Waals surface area contributed by atoms with Gasteiger partial charge in [-0.05, 0) is 0 Å². The zero-order valence-electron chi connectivity index (χ0n) is 7.19. The average Bonchev–Trinajstić information content (AvgIpc) is 2.06. The summed E-state index contributed by atoms with van der Waals surface area (Å²) in [5.74, 6) is -0.835. The van der Waals surface area contributed by atoms with Crippen molar-refractivity contribution in [2.45, 2.75) is 19.4 Å². The number of hydrogen-bond donors (Lipinski definition) is 1. The molecule has 1 aromatic rings. The van der Waals surface area contributed by atoms with Crippen LogP contribution in [0.1, 0.15) is 13.8 Å². The summed E-state index contributed by atoms with van der Waals surface area (Å²) in [6.07, 6.45) is 3.49. The van der Waals surface area contributed by atoms with Gasteiger partial charge in [-0.15, -0.1) is 0 Å². The summed E-state index contributed by atoms with van der Waals surface area (Å²) in [6, 6.07) is 5.48. The second-order valence-electron chi connectivity index (χ2n) is 3.15. The monoisotopic (exact) mass is 166 g/mol. The van der Waals surface area contributed by atoms with Crippen LogP contribution in [0.25, 0.3) is 0 Å². The van der Waals surface area contributed by atoms with Gasteiger partial charge in [0, 0.05) is 26.0 Å². The van der Waals surface area contributed by atoms with Gasteiger partial charge in [-0.25, -0.2) is 4.79 Å². The molecular weight excluding hydrogens is 154 g/mol. The smallest absolute Gasteiger partial charge is 0.376 e. The number of aromatic nitrogens is 1. The molecule has 64 valence electrons. The van der Waals surface area contributed by atoms with E-state index in [1.54, 1.807) is 30.8 Å². The van der Waals surface area contributed by atoms with Gasteiger partial charge in [0.1, 0.15) is 0 Å². The number of carbonyl (C=O) groups is 1. The molecule has 3 heteroatoms. The molecule has 1 rings (SSSR count). The molecular formula is C9H12NO2+. The Bertz CT molecular complexity index is 280. The second kappa shape index (κ2) is 2.93. The first-order valence-electron chi connectivity index (χ1n) is 3.75. The summed E-state index contributed by atoms with van der Waals surface area (Å²) in [4.78, 5) is 10.8. The number of pyridine rings is 1. The number of hydrogen-bond acceptors (Lipinski definition) is 1. The molecule has 12 heavy (non-hydrogen) atoms. The molecule has 0 aliphatic carbocycles. The zero-order chi connectivity index (χ0) is 9.19. The molecule has 1 heterocycles. The van der Waals surface area contributed by atoms with E-state index in [1.165, 1.54) is 0 Å². The fraction of sp³-hybridized carbons (Fsp3) is 0.333. The lowest BCUT2D eigenvalue weighted by molar-refractivity contribution is -0.743. The number of rotatable bonds is 2. The average molecular weight is 166 g/mol. The quantitative estimate of drug-likeness (QED) is 0.660. The normalized spacial score (nSPS) is 11.2. The Morgan fingerprint density at radius 2 is 1.75 bits per heavy atom. The molecule has 0 atom stereocenters. The molecule has 1 aromatic heterocycles. The van der Waals surface area contributed by atoms with Crippen molar-refractivity contribution >= 4 is 5.97 Å². The highest BCUT2D eigenvalue weighted by molar-refractivity contribution is 5.73. The summed E-state index contributed by atoms with van der Waals surface area (Å²) in [6.45, 7) is 3.32. The first-order valence-corrected chi connectivity index (χ1v) is 3.75. The first kappa shape index (κ1) is 8.71. The van der Waals surface area contributed by atoms with E-state index < -0.39 is 11.5 Å². The van der Waals surface area contributed by atoms with Crippen LogP contribution in [0.4, 0.5) is 0 Å². The Kier molecular flexibility index (Phi) is 2.13. The van der Waals surface area contributed by atoms with Crippen molar-refractivity contribution < 1.29 is 14.5 Å². The van der Waals surface area contributed by atoms with Gasteiger partial charge >= 0.3 is 5.97 Å². The van der Waals surface area contributed by atoms with Gasteiger partial charge in [0.2, 0.25) is 0 Å². The third kappa shape index (κ3) is 1.44. The predicted octanol–water partition coefficient (Wildman–Crippen LogP) is 0.794. The van der Waals surface area contributed by atoms with E-state index in [-0.39, 0.29) is 0 Å². The minimum absolute atomic E-state index is 0.835. The minimum atomic E-state index is -0.874. The van der Waals surface area contributed by atoms with E-state index in [4.69, 9.17) is 5.11 Å². The molecule has 0 saturated carbocycles. The lowest BCUT2D eigenvalue weighted by Gasteiger charge is -2.12. The van der Waals surface area contributed by atoms with E-state index in [0.29, 0.717) is 0 Å². The van der Waals surface area contributed by atoms with Crippen LogP contribution in [0.2, 0.25) is 0 Å². The van der Waals surface area contributed by atoms with E-state index in [9.17, 15) is 4.79 Å². The van der Waals surface area contributed by atoms with Gasteiger partial charge in [-0.1, -0.05) is 6.07 Å². The maximum Gasteiger partial charge on any atom is 0.376 e. The third-order valence-corrected chi connectivity index (χ3v) is 1.88. The Morgan fingerprint density at radius 1 is 1.25 bits per heavy atom. The lowest BCUT2D eigenvalue weighted by atomic mass is 10.1. The van der Waals surface area contributed by atoms with Gasteiger partial charge in [0.15, 0.2) is 12.4 Å². The van der Waals surface area contributed by atoms with Crippen LogP contribution in [-0.2, 0) is 10.3 Å². The van der Waals surface area contributed by atoms with Crippen LogP contribution in [0, 0.1) is 0 Å². The highest BCUT2D eigenvalue weighted by atomic mass is 16.4. The lowest BCUT2D eigenvalue weighted by Crippen LogP contribution is -2.56. The van der Waals surface area contributed by atoms with Crippen molar-refractivity contribution in [3.05, 3.63) is 30.6 Å². The molecule has 3 nitrogen and oxygen atoms in total. The largest absolute Gasteiger partial charge is 0.476 e. The Hall–Kier alpha value is -1.38. The highest BCUT2D eigenvalue weighted by Gasteiger charge is 2.36. The number of nitrogens with zero attached hydrogens (tertiary/aromatic N) is 1. The van der Waals surface area contributed by atoms with Crippen molar-refractivity contribution in [3.8, 4) is 0 Å². The molecule has 0 radical (unpaired) electrons. The zero-order valence-corrected chi connectivity index (χ0v) is 7.19. The molecule has 0 aliphatic heterocycles. The van der Waals surface area contributed by atoms with Crippen LogP contribution in [-0.4, -0.2) is 11.1 Å². The molecule has 1 N–H and O–H groups in total. The summed E-state index contributed by atoms with van der Waals surface area (Å²) in [5, 5.41) is 8.87. The van der Waals surface area contributed by atoms with Gasteiger partial charge in [0.05, 0.1) is 0 Å². The molecule has 0 saturated heterocycles. The second-order valence-corrected chi connectivity index (χ2v) is 3.15. The van der Waals surface area contributed by atoms with Crippen molar-refractivity contribution in [3.63, 3.8) is 0 Å². The standard InChI is InChI=1S/C9H11NO2/c1-9(2,8(11)12)10-6-4-3-5-7-10/h3-7H,1-2H3/p+1. The van der Waals surface area contributed by atoms with E-state index in [1.807, 2.05) is 18.2 Å². The third-order valence-electron chi connectivity index (χ3n) is 1.88. The molecule has 0 aromatic carbocycles. The van der Waals surface area contributed by atoms with Gasteiger partial charge in [-0.2, -0.15) is 4.57 Å². The van der Waals surface area contributed by atoms with Crippen molar-refractivity contribution in [1.29, 1.82) is 0 Å². The summed E-state index contributed by atoms with van der Waals surface area (Å²) in [7, 11) is 0. The number of carboxylic acid groups (broad SMARTS) is 1. The Labute approximate surface area is 71.3 Å². The summed E-state index contributed by atoms with van der Waals surface area (Å²) < 4.78 is 1.66. The maximum atomic E-state index is 10.8.